The van der Waals surface area contributed by atoms with Crippen molar-refractivity contribution in [3.63, 3.8) is 0 Å². The lowest BCUT2D eigenvalue weighted by Crippen LogP contribution is -2.42. The van der Waals surface area contributed by atoms with E-state index in [1.807, 2.05) is 32.9 Å². The standard InChI is InChI=1S/C19H29NO4.ClH/c1-4-23-19(22)16-7-9-20(10-8-16)12-17(21)13-24-18-6-5-14(2)11-15(18)3;/h5-6,11,16-17,21H,4,7-10,12-13H2,1-3H3;1H. The van der Waals surface area contributed by atoms with Crippen LogP contribution in [0.5, 0.6) is 5.75 Å². The normalized spacial score (nSPS) is 16.8. The van der Waals surface area contributed by atoms with Gasteiger partial charge in [-0.2, -0.15) is 0 Å². The Labute approximate surface area is 156 Å². The number of hydrogen-bond acceptors (Lipinski definition) is 5. The average molecular weight is 372 g/mol. The Morgan fingerprint density at radius 3 is 2.60 bits per heavy atom. The Bertz CT molecular complexity index is 544. The summed E-state index contributed by atoms with van der Waals surface area (Å²) in [5.41, 5.74) is 2.28. The monoisotopic (exact) mass is 371 g/mol. The van der Waals surface area contributed by atoms with Gasteiger partial charge in [-0.25, -0.2) is 0 Å². The zero-order chi connectivity index (χ0) is 17.5. The van der Waals surface area contributed by atoms with Crippen molar-refractivity contribution in [2.75, 3.05) is 32.8 Å². The molecule has 0 saturated carbocycles. The molecule has 6 heteroatoms. The highest BCUT2D eigenvalue weighted by atomic mass is 35.5. The third kappa shape index (κ3) is 6.84. The highest BCUT2D eigenvalue weighted by Crippen LogP contribution is 2.20. The number of β-amino-alcohol motifs (C(OH)–C–C–N with tert-alkyl or cyclic N) is 1. The minimum Gasteiger partial charge on any atom is -0.491 e. The van der Waals surface area contributed by atoms with Gasteiger partial charge in [0.1, 0.15) is 18.5 Å². The van der Waals surface area contributed by atoms with E-state index in [0.717, 1.165) is 37.2 Å². The molecule has 1 heterocycles. The molecule has 1 aliphatic rings. The van der Waals surface area contributed by atoms with Gasteiger partial charge in [0.2, 0.25) is 0 Å². The van der Waals surface area contributed by atoms with Gasteiger partial charge < -0.3 is 19.5 Å². The van der Waals surface area contributed by atoms with E-state index in [2.05, 4.69) is 11.0 Å². The van der Waals surface area contributed by atoms with Gasteiger partial charge in [-0.15, -0.1) is 12.4 Å². The number of rotatable bonds is 7. The first-order valence-corrected chi connectivity index (χ1v) is 8.76. The van der Waals surface area contributed by atoms with E-state index in [9.17, 15) is 9.90 Å². The molecule has 0 radical (unpaired) electrons. The molecule has 0 aliphatic carbocycles. The maximum absolute atomic E-state index is 11.7. The van der Waals surface area contributed by atoms with E-state index in [4.69, 9.17) is 9.47 Å². The van der Waals surface area contributed by atoms with Crippen LogP contribution in [0.1, 0.15) is 30.9 Å². The summed E-state index contributed by atoms with van der Waals surface area (Å²) in [7, 11) is 0. The molecule has 0 amide bonds. The number of hydrogen-bond donors (Lipinski definition) is 1. The molecule has 2 rings (SSSR count). The molecule has 1 atom stereocenters. The highest BCUT2D eigenvalue weighted by molar-refractivity contribution is 5.85. The Kier molecular flexibility index (Phi) is 9.25. The van der Waals surface area contributed by atoms with Crippen LogP contribution in [-0.4, -0.2) is 54.9 Å². The van der Waals surface area contributed by atoms with Crippen LogP contribution in [-0.2, 0) is 9.53 Å². The first-order valence-electron chi connectivity index (χ1n) is 8.76. The summed E-state index contributed by atoms with van der Waals surface area (Å²) in [6.07, 6.45) is 1.05. The maximum Gasteiger partial charge on any atom is 0.309 e. The van der Waals surface area contributed by atoms with Crippen LogP contribution in [0.2, 0.25) is 0 Å². The van der Waals surface area contributed by atoms with Crippen molar-refractivity contribution in [2.45, 2.75) is 39.7 Å². The van der Waals surface area contributed by atoms with E-state index < -0.39 is 6.10 Å². The lowest BCUT2D eigenvalue weighted by molar-refractivity contribution is -0.149. The van der Waals surface area contributed by atoms with E-state index in [0.29, 0.717) is 13.2 Å². The first-order chi connectivity index (χ1) is 11.5. The number of piperidine rings is 1. The number of aliphatic hydroxyl groups excluding tert-OH is 1. The summed E-state index contributed by atoms with van der Waals surface area (Å²) in [4.78, 5) is 13.9. The molecule has 5 nitrogen and oxygen atoms in total. The number of nitrogens with zero attached hydrogens (tertiary/aromatic N) is 1. The van der Waals surface area contributed by atoms with Crippen molar-refractivity contribution in [2.24, 2.45) is 5.92 Å². The van der Waals surface area contributed by atoms with Crippen LogP contribution >= 0.6 is 12.4 Å². The maximum atomic E-state index is 11.7. The van der Waals surface area contributed by atoms with Crippen molar-refractivity contribution >= 4 is 18.4 Å². The van der Waals surface area contributed by atoms with Gasteiger partial charge in [-0.05, 0) is 58.3 Å². The fourth-order valence-electron chi connectivity index (χ4n) is 3.11. The number of ether oxygens (including phenoxy) is 2. The summed E-state index contributed by atoms with van der Waals surface area (Å²) in [5.74, 6) is 0.737. The molecular weight excluding hydrogens is 342 g/mol. The SMILES string of the molecule is CCOC(=O)C1CCN(CC(O)COc2ccc(C)cc2C)CC1.Cl. The fourth-order valence-corrected chi connectivity index (χ4v) is 3.11. The van der Waals surface area contributed by atoms with E-state index in [1.54, 1.807) is 0 Å². The molecule has 142 valence electrons. The molecule has 1 aromatic carbocycles. The Balaban J connectivity index is 0.00000312. The molecule has 1 fully saturated rings. The van der Waals surface area contributed by atoms with Crippen LogP contribution in [0.15, 0.2) is 18.2 Å². The van der Waals surface area contributed by atoms with Gasteiger partial charge in [-0.3, -0.25) is 4.79 Å². The van der Waals surface area contributed by atoms with Gasteiger partial charge in [0, 0.05) is 6.54 Å². The predicted molar refractivity (Wildman–Crippen MR) is 100 cm³/mol. The van der Waals surface area contributed by atoms with Crippen LogP contribution in [0.25, 0.3) is 0 Å². The van der Waals surface area contributed by atoms with Crippen LogP contribution in [0, 0.1) is 19.8 Å². The number of carbonyl (C=O) groups excluding carboxylic acids is 1. The van der Waals surface area contributed by atoms with Crippen molar-refractivity contribution < 1.29 is 19.4 Å². The zero-order valence-electron chi connectivity index (χ0n) is 15.4. The van der Waals surface area contributed by atoms with Crippen LogP contribution in [0.3, 0.4) is 0 Å². The summed E-state index contributed by atoms with van der Waals surface area (Å²) >= 11 is 0. The number of esters is 1. The average Bonchev–Trinajstić information content (AvgIpc) is 2.55. The number of aryl methyl sites for hydroxylation is 2. The van der Waals surface area contributed by atoms with Crippen LogP contribution < -0.4 is 4.74 Å². The van der Waals surface area contributed by atoms with Crippen LogP contribution in [0.4, 0.5) is 0 Å². The molecular formula is C19H30ClNO4. The molecule has 0 spiro atoms. The summed E-state index contributed by atoms with van der Waals surface area (Å²) in [6, 6.07) is 6.03. The predicted octanol–water partition coefficient (Wildman–Crippen LogP) is 2.74. The van der Waals surface area contributed by atoms with Gasteiger partial charge >= 0.3 is 5.97 Å². The summed E-state index contributed by atoms with van der Waals surface area (Å²) in [5, 5.41) is 10.2. The van der Waals surface area contributed by atoms with Gasteiger partial charge in [0.15, 0.2) is 0 Å². The minimum atomic E-state index is -0.537. The highest BCUT2D eigenvalue weighted by Gasteiger charge is 2.26. The Morgan fingerprint density at radius 2 is 2.00 bits per heavy atom. The third-order valence-electron chi connectivity index (χ3n) is 4.44. The summed E-state index contributed by atoms with van der Waals surface area (Å²) < 4.78 is 10.8. The summed E-state index contributed by atoms with van der Waals surface area (Å²) in [6.45, 7) is 8.80. The van der Waals surface area contributed by atoms with Gasteiger partial charge in [-0.1, -0.05) is 17.7 Å². The fraction of sp³-hybridized carbons (Fsp3) is 0.632. The Morgan fingerprint density at radius 1 is 1.32 bits per heavy atom. The van der Waals surface area contributed by atoms with Crippen molar-refractivity contribution in [3.8, 4) is 5.75 Å². The molecule has 1 unspecified atom stereocenters. The quantitative estimate of drug-likeness (QED) is 0.747. The van der Waals surface area contributed by atoms with Crippen molar-refractivity contribution in [1.29, 1.82) is 0 Å². The topological polar surface area (TPSA) is 59.0 Å². The number of benzene rings is 1. The molecule has 1 aliphatic heterocycles. The molecule has 1 N–H and O–H groups in total. The van der Waals surface area contributed by atoms with E-state index in [1.165, 1.54) is 5.56 Å². The first kappa shape index (κ1) is 21.7. The second-order valence-corrected chi connectivity index (χ2v) is 6.56. The zero-order valence-corrected chi connectivity index (χ0v) is 16.2. The number of likely N-dealkylation sites (tertiary alicyclic amines) is 1. The van der Waals surface area contributed by atoms with Gasteiger partial charge in [0.25, 0.3) is 0 Å². The lowest BCUT2D eigenvalue weighted by atomic mass is 9.97. The largest absolute Gasteiger partial charge is 0.491 e. The molecule has 25 heavy (non-hydrogen) atoms. The van der Waals surface area contributed by atoms with Crippen molar-refractivity contribution in [3.05, 3.63) is 29.3 Å². The molecule has 1 aromatic rings. The number of carbonyl (C=O) groups is 1. The Hall–Kier alpha value is -1.30. The van der Waals surface area contributed by atoms with E-state index >= 15 is 0 Å². The second kappa shape index (κ2) is 10.6. The number of halogens is 1. The second-order valence-electron chi connectivity index (χ2n) is 6.56. The molecule has 1 saturated heterocycles. The van der Waals surface area contributed by atoms with Gasteiger partial charge in [0.05, 0.1) is 12.5 Å². The lowest BCUT2D eigenvalue weighted by Gasteiger charge is -2.32. The molecule has 0 bridgehead atoms. The van der Waals surface area contributed by atoms with E-state index in [-0.39, 0.29) is 30.9 Å². The number of aliphatic hydroxyl groups is 1. The minimum absolute atomic E-state index is 0. The van der Waals surface area contributed by atoms with Crippen molar-refractivity contribution in [1.82, 2.24) is 4.90 Å². The third-order valence-corrected chi connectivity index (χ3v) is 4.44. The molecule has 0 aromatic heterocycles. The smallest absolute Gasteiger partial charge is 0.309 e.